The van der Waals surface area contributed by atoms with Crippen molar-refractivity contribution in [2.24, 2.45) is 28.6 Å². The lowest BCUT2D eigenvalue weighted by molar-refractivity contribution is -0.243. The Morgan fingerprint density at radius 2 is 1.90 bits per heavy atom. The molecule has 170 valence electrons. The summed E-state index contributed by atoms with van der Waals surface area (Å²) in [4.78, 5) is 2.72. The van der Waals surface area contributed by atoms with Crippen LogP contribution < -0.4 is 4.74 Å². The fourth-order valence-electron chi connectivity index (χ4n) is 8.28. The van der Waals surface area contributed by atoms with Gasteiger partial charge in [-0.15, -0.1) is 0 Å². The summed E-state index contributed by atoms with van der Waals surface area (Å²) in [5.74, 6) is 2.57. The van der Waals surface area contributed by atoms with Gasteiger partial charge in [0.05, 0.1) is 5.60 Å². The number of aliphatic hydroxyl groups is 1. The topological polar surface area (TPSA) is 52.9 Å². The number of phenolic OH excluding ortho intramolecular Hbond substituents is 1. The molecule has 4 aliphatic carbocycles. The van der Waals surface area contributed by atoms with Gasteiger partial charge in [0.2, 0.25) is 0 Å². The number of benzene rings is 1. The van der Waals surface area contributed by atoms with Crippen molar-refractivity contribution in [3.8, 4) is 11.5 Å². The van der Waals surface area contributed by atoms with Gasteiger partial charge in [-0.05, 0) is 81.2 Å². The zero-order valence-corrected chi connectivity index (χ0v) is 19.7. The van der Waals surface area contributed by atoms with Crippen molar-refractivity contribution >= 4 is 0 Å². The van der Waals surface area contributed by atoms with Crippen LogP contribution in [0.25, 0.3) is 0 Å². The number of likely N-dealkylation sites (tertiary alicyclic amines) is 1. The van der Waals surface area contributed by atoms with Gasteiger partial charge in [-0.1, -0.05) is 32.9 Å². The number of piperidine rings is 1. The molecule has 4 nitrogen and oxygen atoms in total. The lowest BCUT2D eigenvalue weighted by atomic mass is 9.36. The first-order valence-corrected chi connectivity index (χ1v) is 12.5. The van der Waals surface area contributed by atoms with Crippen molar-refractivity contribution < 1.29 is 14.9 Å². The average Bonchev–Trinajstić information content (AvgIpc) is 3.44. The quantitative estimate of drug-likeness (QED) is 0.736. The van der Waals surface area contributed by atoms with E-state index >= 15 is 0 Å². The third-order valence-electron chi connectivity index (χ3n) is 10.4. The Morgan fingerprint density at radius 1 is 1.13 bits per heavy atom. The minimum atomic E-state index is -0.758. The van der Waals surface area contributed by atoms with E-state index in [1.54, 1.807) is 6.07 Å². The summed E-state index contributed by atoms with van der Waals surface area (Å²) in [7, 11) is 0. The molecular formula is C27H39NO3. The Balaban J connectivity index is 1.53. The van der Waals surface area contributed by atoms with Crippen molar-refractivity contribution in [2.75, 3.05) is 19.6 Å². The molecule has 0 aromatic heterocycles. The SMILES string of the molecule is CC(C)(C)C(C)(O)C1CC2CCC13CN(CC1CC1)CCC31c3cccc(O)c3OC21. The number of phenols is 1. The van der Waals surface area contributed by atoms with Gasteiger partial charge in [0.15, 0.2) is 11.5 Å². The highest BCUT2D eigenvalue weighted by molar-refractivity contribution is 5.56. The second-order valence-corrected chi connectivity index (χ2v) is 12.7. The highest BCUT2D eigenvalue weighted by atomic mass is 16.5. The van der Waals surface area contributed by atoms with Crippen LogP contribution in [0.15, 0.2) is 18.2 Å². The Hall–Kier alpha value is -1.26. The van der Waals surface area contributed by atoms with E-state index in [2.05, 4.69) is 38.7 Å². The molecule has 6 unspecified atom stereocenters. The van der Waals surface area contributed by atoms with Gasteiger partial charge in [-0.2, -0.15) is 0 Å². The maximum absolute atomic E-state index is 12.1. The van der Waals surface area contributed by atoms with E-state index in [1.165, 1.54) is 31.4 Å². The smallest absolute Gasteiger partial charge is 0.165 e. The molecule has 1 saturated heterocycles. The zero-order valence-electron chi connectivity index (χ0n) is 19.7. The predicted molar refractivity (Wildman–Crippen MR) is 121 cm³/mol. The van der Waals surface area contributed by atoms with Crippen LogP contribution in [0.1, 0.15) is 71.8 Å². The lowest BCUT2D eigenvalue weighted by Gasteiger charge is -2.70. The molecular weight excluding hydrogens is 386 g/mol. The standard InChI is InChI=1S/C27H39NO3/c1-24(2,3)25(4,30)21-14-18-10-11-26(21)16-28(15-17-8-9-17)13-12-27(26)19-6-5-7-20(29)22(19)31-23(18)27/h5-7,17-18,21,23,29-30H,8-16H2,1-4H3. The summed E-state index contributed by atoms with van der Waals surface area (Å²) in [5, 5.41) is 22.8. The zero-order chi connectivity index (χ0) is 21.8. The van der Waals surface area contributed by atoms with E-state index in [0.717, 1.165) is 44.0 Å². The molecule has 6 aliphatic rings. The summed E-state index contributed by atoms with van der Waals surface area (Å²) in [6.07, 6.45) is 7.33. The van der Waals surface area contributed by atoms with Crippen molar-refractivity contribution in [3.63, 3.8) is 0 Å². The van der Waals surface area contributed by atoms with Gasteiger partial charge in [-0.25, -0.2) is 0 Å². The summed E-state index contributed by atoms with van der Waals surface area (Å²) in [6.45, 7) is 12.1. The number of aromatic hydroxyl groups is 1. The molecule has 1 aromatic carbocycles. The number of hydrogen-bond acceptors (Lipinski definition) is 4. The fourth-order valence-corrected chi connectivity index (χ4v) is 8.28. The third-order valence-corrected chi connectivity index (χ3v) is 10.4. The number of hydrogen-bond donors (Lipinski definition) is 2. The first-order chi connectivity index (χ1) is 14.6. The molecule has 2 aliphatic heterocycles. The van der Waals surface area contributed by atoms with E-state index in [1.807, 2.05) is 6.07 Å². The third kappa shape index (κ3) is 2.50. The van der Waals surface area contributed by atoms with E-state index in [9.17, 15) is 10.2 Å². The maximum Gasteiger partial charge on any atom is 0.165 e. The van der Waals surface area contributed by atoms with Crippen LogP contribution in [0.3, 0.4) is 0 Å². The molecule has 7 rings (SSSR count). The number of rotatable bonds is 3. The Morgan fingerprint density at radius 3 is 2.61 bits per heavy atom. The first kappa shape index (κ1) is 20.4. The maximum atomic E-state index is 12.1. The van der Waals surface area contributed by atoms with Crippen LogP contribution in [0.4, 0.5) is 0 Å². The molecule has 0 radical (unpaired) electrons. The predicted octanol–water partition coefficient (Wildman–Crippen LogP) is 4.72. The number of fused-ring (bicyclic) bond motifs is 3. The van der Waals surface area contributed by atoms with Crippen molar-refractivity contribution in [1.82, 2.24) is 4.90 Å². The van der Waals surface area contributed by atoms with Crippen LogP contribution in [-0.4, -0.2) is 46.5 Å². The molecule has 4 saturated carbocycles. The molecule has 31 heavy (non-hydrogen) atoms. The van der Waals surface area contributed by atoms with Gasteiger partial charge >= 0.3 is 0 Å². The second kappa shape index (κ2) is 6.20. The van der Waals surface area contributed by atoms with Gasteiger partial charge in [0.1, 0.15) is 6.10 Å². The van der Waals surface area contributed by atoms with Gasteiger partial charge < -0.3 is 19.8 Å². The Labute approximate surface area is 187 Å². The monoisotopic (exact) mass is 425 g/mol. The summed E-state index contributed by atoms with van der Waals surface area (Å²) >= 11 is 0. The first-order valence-electron chi connectivity index (χ1n) is 12.5. The largest absolute Gasteiger partial charge is 0.504 e. The molecule has 4 heteroatoms. The number of nitrogens with zero attached hydrogens (tertiary/aromatic N) is 1. The van der Waals surface area contributed by atoms with E-state index in [-0.39, 0.29) is 34.0 Å². The molecule has 6 atom stereocenters. The highest BCUT2D eigenvalue weighted by Gasteiger charge is 2.75. The minimum absolute atomic E-state index is 0.0185. The van der Waals surface area contributed by atoms with E-state index < -0.39 is 5.60 Å². The van der Waals surface area contributed by atoms with Crippen LogP contribution >= 0.6 is 0 Å². The fraction of sp³-hybridized carbons (Fsp3) is 0.778. The normalized spacial score (nSPS) is 41.1. The molecule has 2 N–H and O–H groups in total. The molecule has 2 heterocycles. The van der Waals surface area contributed by atoms with Crippen LogP contribution in [0.2, 0.25) is 0 Å². The van der Waals surface area contributed by atoms with Gasteiger partial charge in [0.25, 0.3) is 0 Å². The van der Waals surface area contributed by atoms with Crippen molar-refractivity contribution in [1.29, 1.82) is 0 Å². The van der Waals surface area contributed by atoms with E-state index in [0.29, 0.717) is 5.92 Å². The molecule has 5 fully saturated rings. The molecule has 0 amide bonds. The average molecular weight is 426 g/mol. The van der Waals surface area contributed by atoms with Gasteiger partial charge in [0, 0.05) is 29.5 Å². The van der Waals surface area contributed by atoms with E-state index in [4.69, 9.17) is 4.74 Å². The second-order valence-electron chi connectivity index (χ2n) is 12.7. The number of para-hydroxylation sites is 1. The molecule has 2 spiro atoms. The van der Waals surface area contributed by atoms with Crippen molar-refractivity contribution in [3.05, 3.63) is 23.8 Å². The summed E-state index contributed by atoms with van der Waals surface area (Å²) < 4.78 is 6.66. The molecule has 2 bridgehead atoms. The Kier molecular flexibility index (Phi) is 4.07. The van der Waals surface area contributed by atoms with Crippen molar-refractivity contribution in [2.45, 2.75) is 83.3 Å². The summed E-state index contributed by atoms with van der Waals surface area (Å²) in [6, 6.07) is 5.99. The highest BCUT2D eigenvalue weighted by Crippen LogP contribution is 2.73. The van der Waals surface area contributed by atoms with Crippen LogP contribution in [0.5, 0.6) is 11.5 Å². The minimum Gasteiger partial charge on any atom is -0.504 e. The van der Waals surface area contributed by atoms with Gasteiger partial charge in [-0.3, -0.25) is 0 Å². The lowest BCUT2D eigenvalue weighted by Crippen LogP contribution is -2.75. The molecule has 1 aromatic rings. The Bertz CT molecular complexity index is 900. The summed E-state index contributed by atoms with van der Waals surface area (Å²) in [5.41, 5.74) is 0.159. The van der Waals surface area contributed by atoms with Crippen LogP contribution in [0, 0.1) is 28.6 Å². The van der Waals surface area contributed by atoms with Crippen LogP contribution in [-0.2, 0) is 5.41 Å². The number of ether oxygens (including phenoxy) is 1.